The molecule has 0 bridgehead atoms. The van der Waals surface area contributed by atoms with Crippen LogP contribution in [0.4, 0.5) is 17.1 Å². The molecule has 0 radical (unpaired) electrons. The highest BCUT2D eigenvalue weighted by Crippen LogP contribution is 2.32. The second-order valence-electron chi connectivity index (χ2n) is 8.75. The fourth-order valence-corrected chi connectivity index (χ4v) is 5.38. The first kappa shape index (κ1) is 30.7. The van der Waals surface area contributed by atoms with Crippen molar-refractivity contribution in [2.24, 2.45) is 5.10 Å². The van der Waals surface area contributed by atoms with Gasteiger partial charge in [-0.2, -0.15) is 5.10 Å². The van der Waals surface area contributed by atoms with Crippen LogP contribution in [0.15, 0.2) is 113 Å². The molecule has 2 N–H and O–H groups in total. The van der Waals surface area contributed by atoms with Crippen LogP contribution in [0.2, 0.25) is 5.02 Å². The van der Waals surface area contributed by atoms with E-state index in [1.165, 1.54) is 48.7 Å². The maximum absolute atomic E-state index is 13.4. The van der Waals surface area contributed by atoms with Crippen LogP contribution in [0, 0.1) is 10.1 Å². The smallest absolute Gasteiger partial charge is 0.293 e. The molecule has 0 aliphatic heterocycles. The number of rotatable bonds is 12. The van der Waals surface area contributed by atoms with Gasteiger partial charge in [0, 0.05) is 6.07 Å². The molecule has 0 atom stereocenters. The minimum Gasteiger partial charge on any atom is -0.484 e. The van der Waals surface area contributed by atoms with Crippen LogP contribution in [0.25, 0.3) is 0 Å². The van der Waals surface area contributed by atoms with Crippen molar-refractivity contribution in [3.05, 3.63) is 124 Å². The molecule has 0 aliphatic carbocycles. The first-order valence-corrected chi connectivity index (χ1v) is 14.4. The van der Waals surface area contributed by atoms with E-state index in [-0.39, 0.29) is 17.2 Å². The molecule has 43 heavy (non-hydrogen) atoms. The van der Waals surface area contributed by atoms with Crippen LogP contribution in [0.3, 0.4) is 0 Å². The summed E-state index contributed by atoms with van der Waals surface area (Å²) >= 11 is 6.03. The van der Waals surface area contributed by atoms with Gasteiger partial charge in [0.05, 0.1) is 26.7 Å². The molecular formula is C29H24ClN5O7S. The van der Waals surface area contributed by atoms with Gasteiger partial charge >= 0.3 is 0 Å². The molecule has 0 heterocycles. The summed E-state index contributed by atoms with van der Waals surface area (Å²) in [7, 11) is -4.35. The van der Waals surface area contributed by atoms with Gasteiger partial charge in [0.15, 0.2) is 6.61 Å². The Morgan fingerprint density at radius 1 is 0.907 bits per heavy atom. The maximum Gasteiger partial charge on any atom is 0.293 e. The standard InChI is InChI=1S/C29H24ClN5O7S/c30-24-10-4-5-11-25(24)32-29(37)20-42-22-16-14-21(15-17-22)18-31-33-28(36)19-34(26-12-6-7-13-27(26)35(38)39)43(40,41)23-8-2-1-3-9-23/h1-18H,19-20H2,(H,32,37)(H,33,36)/b31-18+. The van der Waals surface area contributed by atoms with E-state index in [2.05, 4.69) is 15.8 Å². The van der Waals surface area contributed by atoms with Gasteiger partial charge in [-0.15, -0.1) is 0 Å². The molecule has 0 saturated carbocycles. The monoisotopic (exact) mass is 621 g/mol. The summed E-state index contributed by atoms with van der Waals surface area (Å²) < 4.78 is 33.0. The Morgan fingerprint density at radius 3 is 2.26 bits per heavy atom. The normalized spacial score (nSPS) is 11.1. The number of hydrogen-bond acceptors (Lipinski definition) is 8. The SMILES string of the molecule is O=C(CN(c1ccccc1[N+](=O)[O-])S(=O)(=O)c1ccccc1)N/N=C/c1ccc(OCC(=O)Nc2ccccc2Cl)cc1. The van der Waals surface area contributed by atoms with Crippen molar-refractivity contribution in [2.75, 3.05) is 22.8 Å². The minimum atomic E-state index is -4.35. The Hall–Kier alpha value is -5.27. The molecule has 0 aliphatic rings. The van der Waals surface area contributed by atoms with E-state index >= 15 is 0 Å². The van der Waals surface area contributed by atoms with Gasteiger partial charge in [-0.05, 0) is 60.2 Å². The molecule has 220 valence electrons. The Bertz CT molecular complexity index is 1750. The third-order valence-electron chi connectivity index (χ3n) is 5.77. The van der Waals surface area contributed by atoms with Gasteiger partial charge < -0.3 is 10.1 Å². The number of nitrogens with zero attached hydrogens (tertiary/aromatic N) is 3. The van der Waals surface area contributed by atoms with Gasteiger partial charge in [0.25, 0.3) is 27.5 Å². The van der Waals surface area contributed by atoms with E-state index in [0.29, 0.717) is 26.3 Å². The van der Waals surface area contributed by atoms with E-state index in [1.807, 2.05) is 0 Å². The largest absolute Gasteiger partial charge is 0.484 e. The zero-order valence-electron chi connectivity index (χ0n) is 22.3. The summed E-state index contributed by atoms with van der Waals surface area (Å²) in [4.78, 5) is 35.7. The van der Waals surface area contributed by atoms with Gasteiger partial charge in [-0.25, -0.2) is 18.1 Å². The second kappa shape index (κ2) is 14.1. The first-order valence-electron chi connectivity index (χ1n) is 12.6. The predicted octanol–water partition coefficient (Wildman–Crippen LogP) is 4.61. The molecule has 0 saturated heterocycles. The molecule has 14 heteroatoms. The van der Waals surface area contributed by atoms with Gasteiger partial charge in [-0.1, -0.05) is 54.1 Å². The molecule has 4 aromatic carbocycles. The van der Waals surface area contributed by atoms with Crippen LogP contribution >= 0.6 is 11.6 Å². The molecule has 4 rings (SSSR count). The molecule has 2 amide bonds. The molecule has 0 spiro atoms. The van der Waals surface area contributed by atoms with Crippen LogP contribution in [-0.2, 0) is 19.6 Å². The number of para-hydroxylation sites is 3. The van der Waals surface area contributed by atoms with E-state index in [0.717, 1.165) is 6.07 Å². The highest BCUT2D eigenvalue weighted by molar-refractivity contribution is 7.92. The highest BCUT2D eigenvalue weighted by Gasteiger charge is 2.31. The van der Waals surface area contributed by atoms with Crippen molar-refractivity contribution >= 4 is 56.7 Å². The van der Waals surface area contributed by atoms with Gasteiger partial charge in [0.2, 0.25) is 0 Å². The Kier molecular flexibility index (Phi) is 10.0. The summed E-state index contributed by atoms with van der Waals surface area (Å²) in [5.74, 6) is -0.828. The van der Waals surface area contributed by atoms with E-state index in [1.54, 1.807) is 54.6 Å². The van der Waals surface area contributed by atoms with Crippen molar-refractivity contribution < 1.29 is 27.7 Å². The zero-order chi connectivity index (χ0) is 30.8. The maximum atomic E-state index is 13.4. The van der Waals surface area contributed by atoms with Crippen LogP contribution in [0.5, 0.6) is 5.75 Å². The average Bonchev–Trinajstić information content (AvgIpc) is 3.01. The fourth-order valence-electron chi connectivity index (χ4n) is 3.74. The van der Waals surface area contributed by atoms with Crippen molar-refractivity contribution in [1.29, 1.82) is 0 Å². The van der Waals surface area contributed by atoms with Crippen LogP contribution < -0.4 is 19.8 Å². The van der Waals surface area contributed by atoms with E-state index in [4.69, 9.17) is 16.3 Å². The summed E-state index contributed by atoms with van der Waals surface area (Å²) in [5.41, 5.74) is 2.51. The van der Waals surface area contributed by atoms with Crippen molar-refractivity contribution in [3.63, 3.8) is 0 Å². The number of halogens is 1. The number of hydrazone groups is 1. The van der Waals surface area contributed by atoms with Crippen molar-refractivity contribution in [3.8, 4) is 5.75 Å². The number of benzene rings is 4. The summed E-state index contributed by atoms with van der Waals surface area (Å²) in [5, 5.41) is 18.5. The van der Waals surface area contributed by atoms with Crippen molar-refractivity contribution in [1.82, 2.24) is 5.43 Å². The molecule has 0 fully saturated rings. The van der Waals surface area contributed by atoms with E-state index < -0.39 is 39.0 Å². The number of anilines is 2. The summed E-state index contributed by atoms with van der Waals surface area (Å²) in [6.07, 6.45) is 1.31. The third-order valence-corrected chi connectivity index (χ3v) is 7.87. The first-order chi connectivity index (χ1) is 20.6. The third kappa shape index (κ3) is 8.15. The number of carbonyl (C=O) groups is 2. The lowest BCUT2D eigenvalue weighted by molar-refractivity contribution is -0.384. The Labute approximate surface area is 251 Å². The van der Waals surface area contributed by atoms with Gasteiger partial charge in [-0.3, -0.25) is 19.7 Å². The minimum absolute atomic E-state index is 0.145. The molecule has 0 aromatic heterocycles. The van der Waals surface area contributed by atoms with E-state index in [9.17, 15) is 28.1 Å². The highest BCUT2D eigenvalue weighted by atomic mass is 35.5. The zero-order valence-corrected chi connectivity index (χ0v) is 23.9. The summed E-state index contributed by atoms with van der Waals surface area (Å²) in [6.45, 7) is -1.03. The molecule has 0 unspecified atom stereocenters. The quantitative estimate of drug-likeness (QED) is 0.133. The number of amides is 2. The van der Waals surface area contributed by atoms with Crippen molar-refractivity contribution in [2.45, 2.75) is 4.90 Å². The molecular weight excluding hydrogens is 598 g/mol. The number of ether oxygens (including phenoxy) is 1. The fraction of sp³-hybridized carbons (Fsp3) is 0.0690. The number of hydrogen-bond donors (Lipinski definition) is 2. The lowest BCUT2D eigenvalue weighted by atomic mass is 10.2. The molecule has 4 aromatic rings. The number of nitro groups is 1. The molecule has 12 nitrogen and oxygen atoms in total. The number of nitro benzene ring substituents is 1. The Morgan fingerprint density at radius 2 is 1.56 bits per heavy atom. The lowest BCUT2D eigenvalue weighted by Crippen LogP contribution is -2.39. The lowest BCUT2D eigenvalue weighted by Gasteiger charge is -2.23. The predicted molar refractivity (Wildman–Crippen MR) is 162 cm³/mol. The van der Waals surface area contributed by atoms with Gasteiger partial charge in [0.1, 0.15) is 18.0 Å². The second-order valence-corrected chi connectivity index (χ2v) is 11.0. The average molecular weight is 622 g/mol. The van der Waals surface area contributed by atoms with Crippen LogP contribution in [-0.4, -0.2) is 44.5 Å². The van der Waals surface area contributed by atoms with Crippen LogP contribution in [0.1, 0.15) is 5.56 Å². The Balaban J connectivity index is 1.39. The topological polar surface area (TPSA) is 160 Å². The summed E-state index contributed by atoms with van der Waals surface area (Å²) in [6, 6.07) is 25.7. The number of carbonyl (C=O) groups excluding carboxylic acids is 2. The number of sulfonamides is 1. The number of nitrogens with one attached hydrogen (secondary N) is 2.